The van der Waals surface area contributed by atoms with Crippen molar-refractivity contribution in [2.24, 2.45) is 9.98 Å². The van der Waals surface area contributed by atoms with Gasteiger partial charge in [-0.1, -0.05) is 48.5 Å². The lowest BCUT2D eigenvalue weighted by Crippen LogP contribution is -2.19. The maximum absolute atomic E-state index is 9.00. The number of H-pyrrole nitrogens is 1. The Labute approximate surface area is 219 Å². The minimum Gasteiger partial charge on any atom is -0.481 e. The van der Waals surface area contributed by atoms with Crippen LogP contribution >= 0.6 is 0 Å². The number of aliphatic imine (C=N–C) groups is 2. The van der Waals surface area contributed by atoms with Gasteiger partial charge in [-0.2, -0.15) is 0 Å². The molecule has 4 N–H and O–H groups in total. The average Bonchev–Trinajstić information content (AvgIpc) is 3.74. The zero-order valence-electron chi connectivity index (χ0n) is 20.9. The molecule has 2 aliphatic rings. The molecule has 4 heterocycles. The monoisotopic (exact) mass is 505 g/mol. The van der Waals surface area contributed by atoms with Gasteiger partial charge in [-0.15, -0.1) is 0 Å². The van der Waals surface area contributed by atoms with Crippen LogP contribution < -0.4 is 10.6 Å². The molecule has 0 bridgehead atoms. The van der Waals surface area contributed by atoms with Gasteiger partial charge in [-0.25, -0.2) is 0 Å². The molecule has 3 aromatic carbocycles. The Morgan fingerprint density at radius 1 is 0.816 bits per heavy atom. The van der Waals surface area contributed by atoms with E-state index in [0.29, 0.717) is 0 Å². The van der Waals surface area contributed by atoms with E-state index >= 15 is 0 Å². The van der Waals surface area contributed by atoms with Gasteiger partial charge >= 0.3 is 0 Å². The van der Waals surface area contributed by atoms with Crippen LogP contribution in [0.1, 0.15) is 18.1 Å². The number of hydrogen-bond donors (Lipinski definition) is 4. The van der Waals surface area contributed by atoms with Crippen LogP contribution in [0.5, 0.6) is 0 Å². The first-order valence-electron chi connectivity index (χ1n) is 12.6. The summed E-state index contributed by atoms with van der Waals surface area (Å²) in [5, 5.41) is 16.4. The molecule has 8 heteroatoms. The maximum atomic E-state index is 9.00. The number of aromatic amines is 1. The van der Waals surface area contributed by atoms with E-state index in [4.69, 9.17) is 14.3 Å². The van der Waals surface area contributed by atoms with Crippen LogP contribution in [0.4, 0.5) is 0 Å². The second-order valence-corrected chi connectivity index (χ2v) is 9.24. The third kappa shape index (κ3) is 4.64. The number of benzene rings is 3. The molecule has 8 nitrogen and oxygen atoms in total. The van der Waals surface area contributed by atoms with Crippen molar-refractivity contribution in [1.82, 2.24) is 15.6 Å². The highest BCUT2D eigenvalue weighted by atomic mass is 16.4. The topological polar surface area (TPSA) is 115 Å². The smallest absolute Gasteiger partial charge is 0.300 e. The van der Waals surface area contributed by atoms with E-state index in [0.717, 1.165) is 83.7 Å². The van der Waals surface area contributed by atoms with E-state index in [-0.39, 0.29) is 0 Å². The van der Waals surface area contributed by atoms with Crippen molar-refractivity contribution in [2.45, 2.75) is 6.92 Å². The average molecular weight is 506 g/mol. The zero-order chi connectivity index (χ0) is 26.1. The lowest BCUT2D eigenvalue weighted by Gasteiger charge is -2.04. The number of carbonyl (C=O) groups is 1. The van der Waals surface area contributed by atoms with Gasteiger partial charge in [0, 0.05) is 64.8 Å². The third-order valence-corrected chi connectivity index (χ3v) is 6.58. The van der Waals surface area contributed by atoms with E-state index in [9.17, 15) is 0 Å². The van der Waals surface area contributed by atoms with Crippen molar-refractivity contribution in [3.8, 4) is 22.5 Å². The Balaban J connectivity index is 0.000000620. The van der Waals surface area contributed by atoms with Gasteiger partial charge in [-0.3, -0.25) is 14.8 Å². The summed E-state index contributed by atoms with van der Waals surface area (Å²) in [7, 11) is 0. The molecule has 5 aromatic rings. The standard InChI is InChI=1S/C28H23N5O.C2H4O2/c1-3-18(25-14-19-5-6-21(15-26(19)34-25)28-31-11-12-32-28)4-2-17(1)23-16-33-24-13-20(7-8-22(23)24)27-29-9-10-30-27;1-2(3)4/h1-8,13-16,33H,9-12H2,(H,29,30)(H,31,32);1H3,(H,3,4). The number of nitrogens with one attached hydrogen (secondary N) is 3. The zero-order valence-corrected chi connectivity index (χ0v) is 20.9. The minimum atomic E-state index is -0.833. The van der Waals surface area contributed by atoms with E-state index < -0.39 is 5.97 Å². The summed E-state index contributed by atoms with van der Waals surface area (Å²) in [5.74, 6) is 1.96. The van der Waals surface area contributed by atoms with E-state index in [1.807, 2.05) is 0 Å². The number of rotatable bonds is 4. The highest BCUT2D eigenvalue weighted by Crippen LogP contribution is 2.33. The number of hydrogen-bond acceptors (Lipinski definition) is 6. The summed E-state index contributed by atoms with van der Waals surface area (Å²) in [6, 6.07) is 23.4. The maximum Gasteiger partial charge on any atom is 0.300 e. The van der Waals surface area contributed by atoms with Gasteiger partial charge in [-0.05, 0) is 23.8 Å². The summed E-state index contributed by atoms with van der Waals surface area (Å²) < 4.78 is 6.21. The van der Waals surface area contributed by atoms with Gasteiger partial charge in [0.05, 0.1) is 13.1 Å². The molecule has 0 unspecified atom stereocenters. The number of amidine groups is 2. The van der Waals surface area contributed by atoms with Crippen molar-refractivity contribution in [2.75, 3.05) is 26.2 Å². The fourth-order valence-corrected chi connectivity index (χ4v) is 4.83. The molecule has 0 aliphatic carbocycles. The van der Waals surface area contributed by atoms with Crippen LogP contribution in [0.2, 0.25) is 0 Å². The number of carboxylic acids is 1. The molecule has 0 saturated heterocycles. The summed E-state index contributed by atoms with van der Waals surface area (Å²) >= 11 is 0. The molecule has 7 rings (SSSR count). The molecule has 0 radical (unpaired) electrons. The first kappa shape index (κ1) is 23.5. The van der Waals surface area contributed by atoms with Crippen molar-refractivity contribution in [3.63, 3.8) is 0 Å². The molecule has 0 fully saturated rings. The molecule has 0 saturated carbocycles. The van der Waals surface area contributed by atoms with Crippen molar-refractivity contribution in [1.29, 1.82) is 0 Å². The number of nitrogens with zero attached hydrogens (tertiary/aromatic N) is 2. The molecule has 0 spiro atoms. The Morgan fingerprint density at radius 2 is 1.42 bits per heavy atom. The van der Waals surface area contributed by atoms with E-state index in [1.54, 1.807) is 0 Å². The Hall–Kier alpha value is -4.85. The first-order chi connectivity index (χ1) is 18.5. The van der Waals surface area contributed by atoms with Gasteiger partial charge in [0.1, 0.15) is 23.0 Å². The summed E-state index contributed by atoms with van der Waals surface area (Å²) in [5.41, 5.74) is 7.60. The molecule has 2 aliphatic heterocycles. The SMILES string of the molecule is CC(=O)O.c1cc2c(-c3ccc(-c4cc5ccc(C6=NCCN6)cc5o4)cc3)c[nH]c2cc1C1=NCCN1. The molecule has 0 amide bonds. The highest BCUT2D eigenvalue weighted by Gasteiger charge is 2.14. The first-order valence-corrected chi connectivity index (χ1v) is 12.6. The van der Waals surface area contributed by atoms with Crippen LogP contribution in [0.3, 0.4) is 0 Å². The fourth-order valence-electron chi connectivity index (χ4n) is 4.83. The Bertz CT molecular complexity index is 1710. The molecular weight excluding hydrogens is 478 g/mol. The largest absolute Gasteiger partial charge is 0.481 e. The van der Waals surface area contributed by atoms with E-state index in [2.05, 4.69) is 98.5 Å². The number of furan rings is 1. The van der Waals surface area contributed by atoms with Crippen molar-refractivity contribution >= 4 is 39.5 Å². The number of carboxylic acid groups (broad SMARTS) is 1. The summed E-state index contributed by atoms with van der Waals surface area (Å²) in [4.78, 5) is 21.5. The van der Waals surface area contributed by atoms with Crippen molar-refractivity contribution in [3.05, 3.63) is 84.1 Å². The molecule has 0 atom stereocenters. The second-order valence-electron chi connectivity index (χ2n) is 9.24. The van der Waals surface area contributed by atoms with Gasteiger partial charge in [0.2, 0.25) is 0 Å². The number of fused-ring (bicyclic) bond motifs is 2. The molecular formula is C30H27N5O3. The van der Waals surface area contributed by atoms with Gasteiger partial charge < -0.3 is 25.1 Å². The highest BCUT2D eigenvalue weighted by molar-refractivity contribution is 6.05. The Kier molecular flexibility index (Phi) is 6.13. The predicted octanol–water partition coefficient (Wildman–Crippen LogP) is 5.04. The van der Waals surface area contributed by atoms with Crippen LogP contribution in [-0.2, 0) is 4.79 Å². The van der Waals surface area contributed by atoms with Crippen LogP contribution in [0, 0.1) is 0 Å². The Morgan fingerprint density at radius 3 is 2.08 bits per heavy atom. The second kappa shape index (κ2) is 9.89. The fraction of sp³-hybridized carbons (Fsp3) is 0.167. The van der Waals surface area contributed by atoms with Crippen LogP contribution in [-0.4, -0.2) is 53.9 Å². The predicted molar refractivity (Wildman–Crippen MR) is 151 cm³/mol. The lowest BCUT2D eigenvalue weighted by atomic mass is 10.0. The van der Waals surface area contributed by atoms with Crippen molar-refractivity contribution < 1.29 is 14.3 Å². The normalized spacial score (nSPS) is 14.4. The van der Waals surface area contributed by atoms with Crippen LogP contribution in [0.15, 0.2) is 87.3 Å². The molecule has 38 heavy (non-hydrogen) atoms. The third-order valence-electron chi connectivity index (χ3n) is 6.58. The minimum absolute atomic E-state index is 0.827. The number of aliphatic carboxylic acids is 1. The van der Waals surface area contributed by atoms with E-state index in [1.165, 1.54) is 16.5 Å². The summed E-state index contributed by atoms with van der Waals surface area (Å²) in [6.07, 6.45) is 2.08. The molecule has 190 valence electrons. The number of aromatic nitrogens is 1. The van der Waals surface area contributed by atoms with Gasteiger partial charge in [0.15, 0.2) is 0 Å². The quantitative estimate of drug-likeness (QED) is 0.273. The van der Waals surface area contributed by atoms with Gasteiger partial charge in [0.25, 0.3) is 5.97 Å². The molecule has 2 aromatic heterocycles. The lowest BCUT2D eigenvalue weighted by molar-refractivity contribution is -0.134. The summed E-state index contributed by atoms with van der Waals surface area (Å²) in [6.45, 7) is 4.56. The van der Waals surface area contributed by atoms with Crippen LogP contribution in [0.25, 0.3) is 44.3 Å².